The van der Waals surface area contributed by atoms with E-state index in [1.807, 2.05) is 21.1 Å². The summed E-state index contributed by atoms with van der Waals surface area (Å²) in [6.45, 7) is 4.83. The Balaban J connectivity index is 3.88. The summed E-state index contributed by atoms with van der Waals surface area (Å²) in [4.78, 5) is 37.7. The van der Waals surface area contributed by atoms with Gasteiger partial charge in [-0.2, -0.15) is 0 Å². The highest BCUT2D eigenvalue weighted by Gasteiger charge is 2.22. The van der Waals surface area contributed by atoms with E-state index in [9.17, 15) is 19.5 Å². The topological polar surface area (TPSA) is 111 Å². The lowest BCUT2D eigenvalue weighted by Crippen LogP contribution is -2.44. The van der Waals surface area contributed by atoms with Gasteiger partial charge in [0, 0.05) is 12.8 Å². The maximum Gasteiger partial charge on any atom is 0.306 e. The van der Waals surface area contributed by atoms with Gasteiger partial charge >= 0.3 is 11.9 Å². The van der Waals surface area contributed by atoms with Gasteiger partial charge in [0.1, 0.15) is 13.2 Å². The molecule has 9 nitrogen and oxygen atoms in total. The van der Waals surface area contributed by atoms with Crippen molar-refractivity contribution in [1.29, 1.82) is 0 Å². The van der Waals surface area contributed by atoms with Crippen molar-refractivity contribution in [2.24, 2.45) is 0 Å². The van der Waals surface area contributed by atoms with Gasteiger partial charge in [-0.3, -0.25) is 9.59 Å². The van der Waals surface area contributed by atoms with Crippen molar-refractivity contribution in [2.45, 2.75) is 495 Å². The van der Waals surface area contributed by atoms with E-state index >= 15 is 0 Å². The molecule has 0 N–H and O–H groups in total. The summed E-state index contributed by atoms with van der Waals surface area (Å²) in [6, 6.07) is 0. The summed E-state index contributed by atoms with van der Waals surface area (Å²) in [5.74, 6) is -2.24. The second-order valence-electron chi connectivity index (χ2n) is 32.6. The van der Waals surface area contributed by atoms with Crippen LogP contribution >= 0.6 is 0 Å². The van der Waals surface area contributed by atoms with Gasteiger partial charge in [0.05, 0.1) is 40.3 Å². The van der Waals surface area contributed by atoms with Crippen molar-refractivity contribution < 1.29 is 42.9 Å². The number of carbonyl (C=O) groups excluding carboxylic acids is 3. The van der Waals surface area contributed by atoms with E-state index in [-0.39, 0.29) is 32.2 Å². The van der Waals surface area contributed by atoms with E-state index in [4.69, 9.17) is 18.9 Å². The highest BCUT2D eigenvalue weighted by Crippen LogP contribution is 2.21. The smallest absolute Gasteiger partial charge is 0.306 e. The first kappa shape index (κ1) is 99.5. The van der Waals surface area contributed by atoms with Gasteiger partial charge in [-0.1, -0.05) is 455 Å². The number of likely N-dealkylation sites (N-methyl/N-ethyl adjacent to an activating group) is 1. The van der Waals surface area contributed by atoms with Gasteiger partial charge in [-0.05, 0) is 51.4 Å². The Hall–Kier alpha value is -2.49. The van der Waals surface area contributed by atoms with Crippen LogP contribution in [0.15, 0.2) is 36.5 Å². The first-order valence-corrected chi connectivity index (χ1v) is 45.6. The molecule has 0 aromatic carbocycles. The number of esters is 2. The number of aliphatic carboxylic acids is 1. The monoisotopic (exact) mass is 1440 g/mol. The minimum absolute atomic E-state index is 0.152. The summed E-state index contributed by atoms with van der Waals surface area (Å²) in [6.07, 6.45) is 108. The SMILES string of the molecule is CCCCCCC/C=C\C/C=C\C/C=C\CCCCCCCCCCCCCCCCCCCCCCCCC(=O)OC(COC(=O)CCCCCCCCCCCCCCCCCCCCCCCCCCCCCCCCCCCCCCCCCC)COC(OCC[N+](C)(C)C)C(=O)[O-]. The van der Waals surface area contributed by atoms with Crippen molar-refractivity contribution >= 4 is 17.9 Å². The number of nitrogens with zero attached hydrogens (tertiary/aromatic N) is 1. The predicted octanol–water partition coefficient (Wildman–Crippen LogP) is 28.4. The van der Waals surface area contributed by atoms with Crippen LogP contribution in [0.2, 0.25) is 0 Å². The molecule has 0 saturated heterocycles. The van der Waals surface area contributed by atoms with Crippen LogP contribution in [0.25, 0.3) is 0 Å². The predicted molar refractivity (Wildman–Crippen MR) is 440 cm³/mol. The largest absolute Gasteiger partial charge is 0.545 e. The standard InChI is InChI=1S/C93H177NO8/c1-6-8-10-12-14-16-18-20-22-24-26-28-30-32-34-36-38-40-42-44-45-46-48-49-51-53-55-57-59-61-63-65-67-69-71-73-75-77-79-81-83-90(95)100-87-89(88-101-93(92(97)98)99-86-85-94(3,4)5)102-91(96)84-82-80-78-76-74-72-70-68-66-64-62-60-58-56-54-52-50-47-43-41-39-37-35-33-31-29-27-25-23-21-19-17-15-13-11-9-7-2/h19,21,25,27,31,33,89,93H,6-18,20,22-24,26,28-30,32,34-88H2,1-5H3/b21-19-,27-25-,33-31-. The number of carboxylic acids is 1. The molecule has 0 heterocycles. The van der Waals surface area contributed by atoms with Gasteiger partial charge in [0.25, 0.3) is 0 Å². The molecule has 0 amide bonds. The molecule has 0 radical (unpaired) electrons. The Morgan fingerprint density at radius 1 is 0.294 bits per heavy atom. The number of quaternary nitrogens is 1. The van der Waals surface area contributed by atoms with E-state index in [0.29, 0.717) is 17.4 Å². The second kappa shape index (κ2) is 84.1. The zero-order valence-corrected chi connectivity index (χ0v) is 69.3. The summed E-state index contributed by atoms with van der Waals surface area (Å²) in [7, 11) is 5.96. The Labute approximate surface area is 636 Å². The van der Waals surface area contributed by atoms with Crippen LogP contribution in [-0.4, -0.2) is 82.3 Å². The van der Waals surface area contributed by atoms with Crippen LogP contribution in [0, 0.1) is 0 Å². The third-order valence-electron chi connectivity index (χ3n) is 21.1. The maximum absolute atomic E-state index is 13.0. The Morgan fingerprint density at radius 3 is 0.784 bits per heavy atom. The fourth-order valence-corrected chi connectivity index (χ4v) is 14.2. The van der Waals surface area contributed by atoms with Crippen LogP contribution in [0.5, 0.6) is 0 Å². The zero-order valence-electron chi connectivity index (χ0n) is 69.3. The summed E-state index contributed by atoms with van der Waals surface area (Å²) in [5.41, 5.74) is 0. The van der Waals surface area contributed by atoms with Gasteiger partial charge in [-0.15, -0.1) is 0 Å². The second-order valence-corrected chi connectivity index (χ2v) is 32.6. The molecule has 0 fully saturated rings. The summed E-state index contributed by atoms with van der Waals surface area (Å²) >= 11 is 0. The van der Waals surface area contributed by atoms with E-state index in [1.54, 1.807) is 0 Å². The van der Waals surface area contributed by atoms with E-state index in [0.717, 1.165) is 51.4 Å². The Kier molecular flexibility index (Phi) is 82.1. The third-order valence-corrected chi connectivity index (χ3v) is 21.1. The summed E-state index contributed by atoms with van der Waals surface area (Å²) < 4.78 is 22.9. The number of rotatable bonds is 87. The molecule has 0 aliphatic rings. The molecule has 2 unspecified atom stereocenters. The van der Waals surface area contributed by atoms with Crippen LogP contribution < -0.4 is 5.11 Å². The molecule has 0 spiro atoms. The quantitative estimate of drug-likeness (QED) is 0.0195. The molecule has 0 rings (SSSR count). The molecule has 0 aliphatic carbocycles. The number of carbonyl (C=O) groups is 3. The highest BCUT2D eigenvalue weighted by molar-refractivity contribution is 5.70. The molecular formula is C93H177NO8. The third kappa shape index (κ3) is 84.8. The van der Waals surface area contributed by atoms with Crippen molar-refractivity contribution in [2.75, 3.05) is 47.5 Å². The van der Waals surface area contributed by atoms with Crippen molar-refractivity contribution in [3.8, 4) is 0 Å². The molecule has 0 aromatic heterocycles. The van der Waals surface area contributed by atoms with Gasteiger partial charge < -0.3 is 33.3 Å². The number of unbranched alkanes of at least 4 members (excludes halogenated alkanes) is 66. The van der Waals surface area contributed by atoms with Crippen LogP contribution in [0.1, 0.15) is 483 Å². The van der Waals surface area contributed by atoms with E-state index in [2.05, 4.69) is 50.3 Å². The number of ether oxygens (including phenoxy) is 4. The minimum atomic E-state index is -1.62. The first-order chi connectivity index (χ1) is 50.1. The molecule has 0 aromatic rings. The molecule has 0 bridgehead atoms. The lowest BCUT2D eigenvalue weighted by Gasteiger charge is -2.26. The number of hydrogen-bond donors (Lipinski definition) is 0. The molecule has 102 heavy (non-hydrogen) atoms. The van der Waals surface area contributed by atoms with Crippen molar-refractivity contribution in [1.82, 2.24) is 0 Å². The minimum Gasteiger partial charge on any atom is -0.545 e. The Morgan fingerprint density at radius 2 is 0.529 bits per heavy atom. The molecule has 9 heteroatoms. The van der Waals surface area contributed by atoms with Crippen LogP contribution in [-0.2, 0) is 33.3 Å². The number of carboxylic acid groups (broad SMARTS) is 1. The van der Waals surface area contributed by atoms with Crippen LogP contribution in [0.3, 0.4) is 0 Å². The molecule has 602 valence electrons. The lowest BCUT2D eigenvalue weighted by atomic mass is 10.0. The lowest BCUT2D eigenvalue weighted by molar-refractivity contribution is -0.870. The number of hydrogen-bond acceptors (Lipinski definition) is 8. The van der Waals surface area contributed by atoms with Crippen LogP contribution in [0.4, 0.5) is 0 Å². The number of allylic oxidation sites excluding steroid dienone is 6. The van der Waals surface area contributed by atoms with E-state index < -0.39 is 24.3 Å². The highest BCUT2D eigenvalue weighted by atomic mass is 16.7. The maximum atomic E-state index is 13.0. The first-order valence-electron chi connectivity index (χ1n) is 45.6. The van der Waals surface area contributed by atoms with Gasteiger partial charge in [0.2, 0.25) is 0 Å². The molecule has 0 aliphatic heterocycles. The molecular weight excluding hydrogens is 1260 g/mol. The summed E-state index contributed by atoms with van der Waals surface area (Å²) in [5, 5.41) is 11.9. The zero-order chi connectivity index (χ0) is 73.9. The van der Waals surface area contributed by atoms with Crippen molar-refractivity contribution in [3.63, 3.8) is 0 Å². The Bertz CT molecular complexity index is 1770. The van der Waals surface area contributed by atoms with Crippen molar-refractivity contribution in [3.05, 3.63) is 36.5 Å². The molecule has 2 atom stereocenters. The average Bonchev–Trinajstić information content (AvgIpc) is 1.02. The average molecular weight is 1440 g/mol. The fraction of sp³-hybridized carbons (Fsp3) is 0.903. The fourth-order valence-electron chi connectivity index (χ4n) is 14.2. The normalized spacial score (nSPS) is 12.7. The van der Waals surface area contributed by atoms with Gasteiger partial charge in [0.15, 0.2) is 12.4 Å². The van der Waals surface area contributed by atoms with E-state index in [1.165, 1.54) is 405 Å². The van der Waals surface area contributed by atoms with Gasteiger partial charge in [-0.25, -0.2) is 0 Å². The molecule has 0 saturated carbocycles.